The maximum absolute atomic E-state index is 10.2. The van der Waals surface area contributed by atoms with Gasteiger partial charge in [-0.1, -0.05) is 6.07 Å². The zero-order valence-corrected chi connectivity index (χ0v) is 6.86. The van der Waals surface area contributed by atoms with Crippen molar-refractivity contribution in [3.8, 4) is 5.75 Å². The van der Waals surface area contributed by atoms with Gasteiger partial charge in [-0.3, -0.25) is 0 Å². The molecule has 0 radical (unpaired) electrons. The van der Waals surface area contributed by atoms with Crippen LogP contribution in [0.3, 0.4) is 0 Å². The normalized spacial score (nSPS) is 9.54. The van der Waals surface area contributed by atoms with Gasteiger partial charge in [0, 0.05) is 0 Å². The summed E-state index contributed by atoms with van der Waals surface area (Å²) in [5.74, 6) is -0.840. The summed E-state index contributed by atoms with van der Waals surface area (Å²) >= 11 is 0. The molecule has 1 rings (SSSR count). The molecule has 0 bridgehead atoms. The third-order valence-electron chi connectivity index (χ3n) is 1.42. The number of benzene rings is 1. The molecule has 0 saturated heterocycles. The fraction of sp³-hybridized carbons (Fsp3) is 0.125. The molecule has 0 unspecified atom stereocenters. The van der Waals surface area contributed by atoms with Crippen LogP contribution in [-0.4, -0.2) is 17.7 Å². The third-order valence-corrected chi connectivity index (χ3v) is 1.42. The van der Waals surface area contributed by atoms with E-state index in [4.69, 9.17) is 21.3 Å². The molecule has 0 amide bonds. The molecule has 0 heterocycles. The number of ether oxygens (including phenoxy) is 1. The minimum absolute atomic E-state index is 0.227. The van der Waals surface area contributed by atoms with Crippen LogP contribution in [-0.2, 0) is 4.79 Å². The van der Waals surface area contributed by atoms with Crippen LogP contribution in [0.1, 0.15) is 0 Å². The highest BCUT2D eigenvalue weighted by Gasteiger charge is 2.06. The number of para-hydroxylation sites is 1. The summed E-state index contributed by atoms with van der Waals surface area (Å²) < 4.78 is 4.88. The lowest BCUT2D eigenvalue weighted by Gasteiger charge is -2.08. The fourth-order valence-corrected chi connectivity index (χ4v) is 0.874. The van der Waals surface area contributed by atoms with Crippen LogP contribution in [0.25, 0.3) is 0 Å². The quantitative estimate of drug-likeness (QED) is 0.584. The third kappa shape index (κ3) is 2.26. The predicted octanol–water partition coefficient (Wildman–Crippen LogP) is 0.314. The van der Waals surface area contributed by atoms with Gasteiger partial charge in [0.1, 0.15) is 0 Å². The summed E-state index contributed by atoms with van der Waals surface area (Å²) in [6.07, 6.45) is 0. The van der Waals surface area contributed by atoms with Crippen LogP contribution in [0.5, 0.6) is 5.75 Å². The van der Waals surface area contributed by atoms with E-state index < -0.39 is 12.6 Å². The number of hydrogen-bond acceptors (Lipinski definition) is 4. The summed E-state index contributed by atoms with van der Waals surface area (Å²) in [5.41, 5.74) is 11.7. The van der Waals surface area contributed by atoms with Gasteiger partial charge in [-0.2, -0.15) is 0 Å². The van der Waals surface area contributed by atoms with Crippen molar-refractivity contribution in [2.75, 3.05) is 18.1 Å². The molecule has 13 heavy (non-hydrogen) atoms. The molecule has 1 aromatic carbocycles. The standard InChI is InChI=1S/C8H10N2O3/c9-5-2-1-3-6(10)8(5)13-4-7(11)12/h1-3H,4,9-10H2,(H,11,12). The molecular formula is C8H10N2O3. The molecule has 0 aliphatic heterocycles. The summed E-state index contributed by atoms with van der Waals surface area (Å²) in [5, 5.41) is 8.35. The number of carbonyl (C=O) groups is 1. The van der Waals surface area contributed by atoms with E-state index in [-0.39, 0.29) is 5.75 Å². The van der Waals surface area contributed by atoms with E-state index in [9.17, 15) is 4.79 Å². The van der Waals surface area contributed by atoms with E-state index in [1.165, 1.54) is 0 Å². The van der Waals surface area contributed by atoms with Gasteiger partial charge in [-0.05, 0) is 12.1 Å². The Balaban J connectivity index is 2.81. The molecule has 5 N–H and O–H groups in total. The predicted molar refractivity (Wildman–Crippen MR) is 48.4 cm³/mol. The van der Waals surface area contributed by atoms with Gasteiger partial charge in [0.25, 0.3) is 0 Å². The number of anilines is 2. The van der Waals surface area contributed by atoms with E-state index in [0.717, 1.165) is 0 Å². The van der Waals surface area contributed by atoms with Crippen molar-refractivity contribution in [1.82, 2.24) is 0 Å². The van der Waals surface area contributed by atoms with E-state index in [1.807, 2.05) is 0 Å². The molecule has 0 atom stereocenters. The number of rotatable bonds is 3. The average molecular weight is 182 g/mol. The first-order valence-electron chi connectivity index (χ1n) is 3.60. The highest BCUT2D eigenvalue weighted by Crippen LogP contribution is 2.27. The minimum Gasteiger partial charge on any atom is -0.479 e. The zero-order valence-electron chi connectivity index (χ0n) is 6.86. The Morgan fingerprint density at radius 1 is 1.38 bits per heavy atom. The topological polar surface area (TPSA) is 98.6 Å². The fourth-order valence-electron chi connectivity index (χ4n) is 0.874. The molecule has 1 aromatic rings. The van der Waals surface area contributed by atoms with E-state index in [2.05, 4.69) is 0 Å². The molecule has 0 fully saturated rings. The van der Waals surface area contributed by atoms with Gasteiger partial charge in [-0.15, -0.1) is 0 Å². The Kier molecular flexibility index (Phi) is 2.59. The maximum Gasteiger partial charge on any atom is 0.341 e. The van der Waals surface area contributed by atoms with Gasteiger partial charge in [-0.25, -0.2) is 4.79 Å². The smallest absolute Gasteiger partial charge is 0.341 e. The zero-order chi connectivity index (χ0) is 9.84. The lowest BCUT2D eigenvalue weighted by atomic mass is 10.2. The molecular weight excluding hydrogens is 172 g/mol. The second-order valence-corrected chi connectivity index (χ2v) is 2.45. The monoisotopic (exact) mass is 182 g/mol. The number of nitrogens with two attached hydrogens (primary N) is 2. The SMILES string of the molecule is Nc1cccc(N)c1OCC(=O)O. The Bertz CT molecular complexity index is 305. The Morgan fingerprint density at radius 2 is 1.92 bits per heavy atom. The molecule has 70 valence electrons. The minimum atomic E-state index is -1.07. The largest absolute Gasteiger partial charge is 0.479 e. The first kappa shape index (κ1) is 9.18. The Labute approximate surface area is 74.9 Å². The van der Waals surface area contributed by atoms with Crippen LogP contribution >= 0.6 is 0 Å². The van der Waals surface area contributed by atoms with Gasteiger partial charge in [0.15, 0.2) is 12.4 Å². The van der Waals surface area contributed by atoms with Crippen molar-refractivity contribution >= 4 is 17.3 Å². The molecule has 5 nitrogen and oxygen atoms in total. The molecule has 5 heteroatoms. The highest BCUT2D eigenvalue weighted by molar-refractivity contribution is 5.71. The molecule has 0 aliphatic carbocycles. The van der Waals surface area contributed by atoms with Crippen molar-refractivity contribution < 1.29 is 14.6 Å². The maximum atomic E-state index is 10.2. The Morgan fingerprint density at radius 3 is 2.38 bits per heavy atom. The average Bonchev–Trinajstić information content (AvgIpc) is 2.03. The Hall–Kier alpha value is -1.91. The van der Waals surface area contributed by atoms with Gasteiger partial charge in [0.2, 0.25) is 0 Å². The van der Waals surface area contributed by atoms with Gasteiger partial charge >= 0.3 is 5.97 Å². The first-order chi connectivity index (χ1) is 6.11. The number of hydrogen-bond donors (Lipinski definition) is 3. The summed E-state index contributed by atoms with van der Waals surface area (Å²) in [6.45, 7) is -0.446. The molecule has 0 aromatic heterocycles. The van der Waals surface area contributed by atoms with Gasteiger partial charge < -0.3 is 21.3 Å². The molecule has 0 saturated carbocycles. The molecule has 0 aliphatic rings. The van der Waals surface area contributed by atoms with Crippen molar-refractivity contribution in [3.05, 3.63) is 18.2 Å². The molecule has 0 spiro atoms. The summed E-state index contributed by atoms with van der Waals surface area (Å²) in [6, 6.07) is 4.85. The summed E-state index contributed by atoms with van der Waals surface area (Å²) in [7, 11) is 0. The van der Waals surface area contributed by atoms with E-state index in [1.54, 1.807) is 18.2 Å². The van der Waals surface area contributed by atoms with E-state index in [0.29, 0.717) is 11.4 Å². The number of carboxylic acids is 1. The van der Waals surface area contributed by atoms with Crippen LogP contribution in [0.15, 0.2) is 18.2 Å². The van der Waals surface area contributed by atoms with Crippen LogP contribution in [0.4, 0.5) is 11.4 Å². The lowest BCUT2D eigenvalue weighted by molar-refractivity contribution is -0.139. The van der Waals surface area contributed by atoms with Gasteiger partial charge in [0.05, 0.1) is 11.4 Å². The number of nitrogen functional groups attached to an aromatic ring is 2. The highest BCUT2D eigenvalue weighted by atomic mass is 16.5. The number of aliphatic carboxylic acids is 1. The van der Waals surface area contributed by atoms with Crippen molar-refractivity contribution in [2.24, 2.45) is 0 Å². The van der Waals surface area contributed by atoms with Crippen LogP contribution in [0, 0.1) is 0 Å². The summed E-state index contributed by atoms with van der Waals surface area (Å²) in [4.78, 5) is 10.2. The lowest BCUT2D eigenvalue weighted by Crippen LogP contribution is -2.11. The van der Waals surface area contributed by atoms with E-state index >= 15 is 0 Å². The van der Waals surface area contributed by atoms with Crippen molar-refractivity contribution in [1.29, 1.82) is 0 Å². The van der Waals surface area contributed by atoms with Crippen molar-refractivity contribution in [2.45, 2.75) is 0 Å². The van der Waals surface area contributed by atoms with Crippen LogP contribution in [0.2, 0.25) is 0 Å². The van der Waals surface area contributed by atoms with Crippen LogP contribution < -0.4 is 16.2 Å². The number of carboxylic acid groups (broad SMARTS) is 1. The second kappa shape index (κ2) is 3.66. The van der Waals surface area contributed by atoms with Crippen molar-refractivity contribution in [3.63, 3.8) is 0 Å². The first-order valence-corrected chi connectivity index (χ1v) is 3.60. The second-order valence-electron chi connectivity index (χ2n) is 2.45.